The molecular formula is C22H16FN3O. The molecule has 1 N–H and O–H groups in total. The standard InChI is InChI=1S/C22H16FN3O/c23-20-11-19-12-21(26-22(19)25-13-20)6-5-16-1-3-17(4-2-16)14-27-15-18-7-9-24-10-8-18/h1-4,7-13H,14-15H2,(H,25,26). The van der Waals surface area contributed by atoms with Gasteiger partial charge in [0.15, 0.2) is 0 Å². The first-order valence-electron chi connectivity index (χ1n) is 8.48. The zero-order valence-corrected chi connectivity index (χ0v) is 14.4. The van der Waals surface area contributed by atoms with Crippen molar-refractivity contribution in [2.75, 3.05) is 0 Å². The van der Waals surface area contributed by atoms with Crippen LogP contribution in [-0.2, 0) is 18.0 Å². The van der Waals surface area contributed by atoms with Gasteiger partial charge < -0.3 is 9.72 Å². The average molecular weight is 357 g/mol. The Morgan fingerprint density at radius 1 is 0.926 bits per heavy atom. The second-order valence-corrected chi connectivity index (χ2v) is 6.07. The van der Waals surface area contributed by atoms with Gasteiger partial charge in [-0.05, 0) is 53.4 Å². The third-order valence-corrected chi connectivity index (χ3v) is 4.02. The molecule has 0 unspecified atom stereocenters. The molecule has 4 aromatic rings. The highest BCUT2D eigenvalue weighted by molar-refractivity contribution is 5.77. The number of benzene rings is 1. The molecule has 132 valence electrons. The number of ether oxygens (including phenoxy) is 1. The van der Waals surface area contributed by atoms with E-state index in [-0.39, 0.29) is 5.82 Å². The number of nitrogens with zero attached hydrogens (tertiary/aromatic N) is 2. The molecule has 5 heteroatoms. The molecule has 3 heterocycles. The van der Waals surface area contributed by atoms with Gasteiger partial charge in [0, 0.05) is 23.3 Å². The molecule has 1 aromatic carbocycles. The number of pyridine rings is 2. The van der Waals surface area contributed by atoms with Gasteiger partial charge in [-0.3, -0.25) is 4.98 Å². The van der Waals surface area contributed by atoms with E-state index in [4.69, 9.17) is 4.74 Å². The molecule has 0 saturated heterocycles. The second kappa shape index (κ2) is 7.81. The second-order valence-electron chi connectivity index (χ2n) is 6.07. The van der Waals surface area contributed by atoms with Crippen LogP contribution in [0, 0.1) is 17.7 Å². The fraction of sp³-hybridized carbons (Fsp3) is 0.0909. The summed E-state index contributed by atoms with van der Waals surface area (Å²) in [7, 11) is 0. The van der Waals surface area contributed by atoms with Gasteiger partial charge in [-0.1, -0.05) is 18.1 Å². The average Bonchev–Trinajstić information content (AvgIpc) is 3.10. The van der Waals surface area contributed by atoms with Crippen molar-refractivity contribution in [3.05, 3.63) is 95.3 Å². The lowest BCUT2D eigenvalue weighted by Gasteiger charge is -2.04. The molecule has 4 rings (SSSR count). The minimum Gasteiger partial charge on any atom is -0.372 e. The van der Waals surface area contributed by atoms with Crippen molar-refractivity contribution in [1.29, 1.82) is 0 Å². The summed E-state index contributed by atoms with van der Waals surface area (Å²) < 4.78 is 18.9. The number of H-pyrrole nitrogens is 1. The van der Waals surface area contributed by atoms with Gasteiger partial charge in [-0.25, -0.2) is 9.37 Å². The Morgan fingerprint density at radius 2 is 1.67 bits per heavy atom. The number of hydrogen-bond donors (Lipinski definition) is 1. The quantitative estimate of drug-likeness (QED) is 0.557. The van der Waals surface area contributed by atoms with E-state index in [1.807, 2.05) is 36.4 Å². The van der Waals surface area contributed by atoms with Crippen LogP contribution < -0.4 is 0 Å². The summed E-state index contributed by atoms with van der Waals surface area (Å²) in [6, 6.07) is 15.0. The highest BCUT2D eigenvalue weighted by Crippen LogP contribution is 2.14. The number of fused-ring (bicyclic) bond motifs is 1. The number of nitrogens with one attached hydrogen (secondary N) is 1. The van der Waals surface area contributed by atoms with Gasteiger partial charge in [0.05, 0.1) is 25.1 Å². The predicted molar refractivity (Wildman–Crippen MR) is 101 cm³/mol. The molecule has 3 aromatic heterocycles. The van der Waals surface area contributed by atoms with Crippen LogP contribution in [0.1, 0.15) is 22.4 Å². The first kappa shape index (κ1) is 17.0. The molecule has 0 atom stereocenters. The third kappa shape index (κ3) is 4.38. The van der Waals surface area contributed by atoms with Crippen LogP contribution in [0.2, 0.25) is 0 Å². The Hall–Kier alpha value is -3.49. The number of halogens is 1. The molecule has 0 saturated carbocycles. The van der Waals surface area contributed by atoms with E-state index in [0.29, 0.717) is 29.9 Å². The Morgan fingerprint density at radius 3 is 2.44 bits per heavy atom. The molecule has 0 radical (unpaired) electrons. The normalized spacial score (nSPS) is 10.6. The largest absolute Gasteiger partial charge is 0.372 e. The molecule has 0 amide bonds. The van der Waals surface area contributed by atoms with Crippen LogP contribution in [0.25, 0.3) is 11.0 Å². The zero-order valence-electron chi connectivity index (χ0n) is 14.4. The Kier molecular flexibility index (Phi) is 4.91. The SMILES string of the molecule is Fc1cnc2[nH]c(C#Cc3ccc(COCc4ccncc4)cc3)cc2c1. The molecule has 0 fully saturated rings. The fourth-order valence-electron chi connectivity index (χ4n) is 2.65. The number of aromatic nitrogens is 3. The lowest BCUT2D eigenvalue weighted by molar-refractivity contribution is 0.107. The summed E-state index contributed by atoms with van der Waals surface area (Å²) in [4.78, 5) is 11.1. The minimum absolute atomic E-state index is 0.359. The van der Waals surface area contributed by atoms with E-state index in [1.165, 1.54) is 12.3 Å². The molecule has 0 aliphatic carbocycles. The Bertz CT molecular complexity index is 1110. The van der Waals surface area contributed by atoms with Crippen LogP contribution in [0.5, 0.6) is 0 Å². The minimum atomic E-state index is -0.359. The van der Waals surface area contributed by atoms with Gasteiger partial charge in [0.2, 0.25) is 0 Å². The third-order valence-electron chi connectivity index (χ3n) is 4.02. The van der Waals surface area contributed by atoms with Crippen molar-refractivity contribution in [1.82, 2.24) is 15.0 Å². The lowest BCUT2D eigenvalue weighted by Crippen LogP contribution is -1.94. The molecule has 0 aliphatic heterocycles. The summed E-state index contributed by atoms with van der Waals surface area (Å²) in [6.07, 6.45) is 4.70. The van der Waals surface area contributed by atoms with E-state index >= 15 is 0 Å². The predicted octanol–water partition coefficient (Wildman–Crippen LogP) is 4.21. The van der Waals surface area contributed by atoms with Crippen molar-refractivity contribution in [3.8, 4) is 11.8 Å². The van der Waals surface area contributed by atoms with Crippen molar-refractivity contribution in [3.63, 3.8) is 0 Å². The lowest BCUT2D eigenvalue weighted by atomic mass is 10.1. The zero-order chi connectivity index (χ0) is 18.5. The molecule has 0 bridgehead atoms. The number of hydrogen-bond acceptors (Lipinski definition) is 3. The van der Waals surface area contributed by atoms with Gasteiger partial charge in [-0.2, -0.15) is 0 Å². The van der Waals surface area contributed by atoms with E-state index in [1.54, 1.807) is 18.5 Å². The van der Waals surface area contributed by atoms with Crippen molar-refractivity contribution >= 4 is 11.0 Å². The van der Waals surface area contributed by atoms with Gasteiger partial charge >= 0.3 is 0 Å². The molecule has 0 aliphatic rings. The first-order valence-corrected chi connectivity index (χ1v) is 8.48. The van der Waals surface area contributed by atoms with Gasteiger partial charge in [0.1, 0.15) is 11.5 Å². The smallest absolute Gasteiger partial charge is 0.142 e. The number of rotatable bonds is 4. The summed E-state index contributed by atoms with van der Waals surface area (Å²) in [5, 5.41) is 0.709. The van der Waals surface area contributed by atoms with Crippen LogP contribution in [-0.4, -0.2) is 15.0 Å². The summed E-state index contributed by atoms with van der Waals surface area (Å²) in [5.74, 6) is 5.79. The maximum Gasteiger partial charge on any atom is 0.142 e. The van der Waals surface area contributed by atoms with Crippen molar-refractivity contribution in [2.45, 2.75) is 13.2 Å². The van der Waals surface area contributed by atoms with Gasteiger partial charge in [-0.15, -0.1) is 0 Å². The highest BCUT2D eigenvalue weighted by atomic mass is 19.1. The maximum absolute atomic E-state index is 13.2. The van der Waals surface area contributed by atoms with E-state index in [2.05, 4.69) is 26.8 Å². The molecule has 0 spiro atoms. The molecular weight excluding hydrogens is 341 g/mol. The summed E-state index contributed by atoms with van der Waals surface area (Å²) in [5.41, 5.74) is 4.40. The van der Waals surface area contributed by atoms with E-state index in [0.717, 1.165) is 16.7 Å². The number of aromatic amines is 1. The molecule has 27 heavy (non-hydrogen) atoms. The van der Waals surface area contributed by atoms with E-state index in [9.17, 15) is 4.39 Å². The Balaban J connectivity index is 1.38. The summed E-state index contributed by atoms with van der Waals surface area (Å²) in [6.45, 7) is 1.09. The highest BCUT2D eigenvalue weighted by Gasteiger charge is 2.01. The first-order chi connectivity index (χ1) is 13.3. The van der Waals surface area contributed by atoms with Crippen LogP contribution in [0.4, 0.5) is 4.39 Å². The van der Waals surface area contributed by atoms with E-state index < -0.39 is 0 Å². The van der Waals surface area contributed by atoms with Crippen LogP contribution >= 0.6 is 0 Å². The van der Waals surface area contributed by atoms with Crippen LogP contribution in [0.15, 0.2) is 67.1 Å². The Labute approximate surface area is 156 Å². The van der Waals surface area contributed by atoms with Crippen LogP contribution in [0.3, 0.4) is 0 Å². The van der Waals surface area contributed by atoms with Gasteiger partial charge in [0.25, 0.3) is 0 Å². The van der Waals surface area contributed by atoms with Crippen molar-refractivity contribution in [2.24, 2.45) is 0 Å². The molecule has 4 nitrogen and oxygen atoms in total. The maximum atomic E-state index is 13.2. The monoisotopic (exact) mass is 357 g/mol. The fourth-order valence-corrected chi connectivity index (χ4v) is 2.65. The topological polar surface area (TPSA) is 50.8 Å². The van der Waals surface area contributed by atoms with Crippen molar-refractivity contribution < 1.29 is 9.13 Å². The summed E-state index contributed by atoms with van der Waals surface area (Å²) >= 11 is 0.